The molecule has 0 saturated carbocycles. The van der Waals surface area contributed by atoms with Crippen LogP contribution in [-0.4, -0.2) is 10.9 Å². The van der Waals surface area contributed by atoms with Gasteiger partial charge in [0.2, 0.25) is 0 Å². The number of hydrogen-bond donors (Lipinski definition) is 1. The average molecular weight is 272 g/mol. The SMILES string of the molecule is CC(=O)c1ccccc1Pc1cc(C)cc(C)c1O. The topological polar surface area (TPSA) is 37.3 Å². The number of phenols is 1. The Morgan fingerprint density at radius 1 is 1.11 bits per heavy atom. The molecule has 1 N–H and O–H groups in total. The Labute approximate surface area is 115 Å². The number of benzene rings is 2. The Bertz CT molecular complexity index is 633. The van der Waals surface area contributed by atoms with Gasteiger partial charge in [0.05, 0.1) is 0 Å². The normalized spacial score (nSPS) is 11.1. The zero-order valence-corrected chi connectivity index (χ0v) is 12.3. The van der Waals surface area contributed by atoms with Crippen LogP contribution in [0.25, 0.3) is 0 Å². The molecule has 1 unspecified atom stereocenters. The first-order valence-corrected chi connectivity index (χ1v) is 7.16. The molecule has 1 atom stereocenters. The number of rotatable bonds is 3. The van der Waals surface area contributed by atoms with E-state index in [1.807, 2.05) is 50.2 Å². The molecule has 19 heavy (non-hydrogen) atoms. The Hall–Kier alpha value is -1.66. The number of hydrogen-bond acceptors (Lipinski definition) is 2. The van der Waals surface area contributed by atoms with Gasteiger partial charge in [0.25, 0.3) is 0 Å². The zero-order chi connectivity index (χ0) is 14.0. The van der Waals surface area contributed by atoms with Crippen molar-refractivity contribution >= 4 is 25.0 Å². The van der Waals surface area contributed by atoms with E-state index in [9.17, 15) is 9.90 Å². The fourth-order valence-corrected chi connectivity index (χ4v) is 3.58. The number of aromatic hydroxyl groups is 1. The fourth-order valence-electron chi connectivity index (χ4n) is 2.10. The highest BCUT2D eigenvalue weighted by molar-refractivity contribution is 7.56. The minimum atomic E-state index is 0.0620. The molecule has 2 rings (SSSR count). The zero-order valence-electron chi connectivity index (χ0n) is 11.3. The molecule has 2 nitrogen and oxygen atoms in total. The highest BCUT2D eigenvalue weighted by atomic mass is 31.1. The second-order valence-corrected chi connectivity index (χ2v) is 6.03. The molecule has 0 aliphatic carbocycles. The molecule has 0 aromatic heterocycles. The van der Waals surface area contributed by atoms with Crippen LogP contribution in [0.3, 0.4) is 0 Å². The van der Waals surface area contributed by atoms with Gasteiger partial charge in [0.15, 0.2) is 5.78 Å². The van der Waals surface area contributed by atoms with Gasteiger partial charge in [0.1, 0.15) is 5.75 Å². The second kappa shape index (κ2) is 5.54. The summed E-state index contributed by atoms with van der Waals surface area (Å²) in [7, 11) is 0.289. The van der Waals surface area contributed by atoms with Crippen LogP contribution in [0.4, 0.5) is 0 Å². The van der Waals surface area contributed by atoms with Gasteiger partial charge in [-0.15, -0.1) is 0 Å². The minimum Gasteiger partial charge on any atom is -0.507 e. The van der Waals surface area contributed by atoms with Gasteiger partial charge in [0, 0.05) is 10.9 Å². The van der Waals surface area contributed by atoms with Crippen LogP contribution in [0.15, 0.2) is 36.4 Å². The largest absolute Gasteiger partial charge is 0.507 e. The van der Waals surface area contributed by atoms with Gasteiger partial charge in [-0.05, 0) is 43.3 Å². The molecular weight excluding hydrogens is 255 g/mol. The summed E-state index contributed by atoms with van der Waals surface area (Å²) in [4.78, 5) is 11.6. The molecule has 0 aliphatic rings. The first kappa shape index (κ1) is 13.8. The molecule has 0 radical (unpaired) electrons. The average Bonchev–Trinajstić information content (AvgIpc) is 2.35. The lowest BCUT2D eigenvalue weighted by molar-refractivity contribution is 0.101. The third-order valence-corrected chi connectivity index (χ3v) is 4.38. The van der Waals surface area contributed by atoms with E-state index in [0.29, 0.717) is 5.75 Å². The quantitative estimate of drug-likeness (QED) is 0.689. The van der Waals surface area contributed by atoms with Crippen LogP contribution in [0, 0.1) is 13.8 Å². The molecular formula is C16H17O2P. The molecule has 0 bridgehead atoms. The summed E-state index contributed by atoms with van der Waals surface area (Å²) in [6.45, 7) is 5.48. The van der Waals surface area contributed by atoms with Crippen molar-refractivity contribution in [3.05, 3.63) is 53.1 Å². The first-order valence-electron chi connectivity index (χ1n) is 6.16. The summed E-state index contributed by atoms with van der Waals surface area (Å²) in [5.74, 6) is 0.397. The number of carbonyl (C=O) groups is 1. The Morgan fingerprint density at radius 2 is 1.79 bits per heavy atom. The molecule has 2 aromatic rings. The predicted molar refractivity (Wildman–Crippen MR) is 81.6 cm³/mol. The smallest absolute Gasteiger partial charge is 0.160 e. The van der Waals surface area contributed by atoms with Gasteiger partial charge >= 0.3 is 0 Å². The number of phenolic OH excluding ortho intramolecular Hbond substituents is 1. The third kappa shape index (κ3) is 3.02. The van der Waals surface area contributed by atoms with E-state index in [1.54, 1.807) is 6.92 Å². The summed E-state index contributed by atoms with van der Waals surface area (Å²) in [5, 5.41) is 12.0. The lowest BCUT2D eigenvalue weighted by atomic mass is 10.1. The predicted octanol–water partition coefficient (Wildman–Crippen LogP) is 2.84. The van der Waals surface area contributed by atoms with Gasteiger partial charge in [-0.3, -0.25) is 4.79 Å². The van der Waals surface area contributed by atoms with Crippen LogP contribution >= 0.6 is 8.58 Å². The molecule has 0 fully saturated rings. The highest BCUT2D eigenvalue weighted by Gasteiger charge is 2.11. The number of ketones is 1. The van der Waals surface area contributed by atoms with Crippen LogP contribution < -0.4 is 10.6 Å². The van der Waals surface area contributed by atoms with E-state index in [2.05, 4.69) is 0 Å². The molecule has 0 spiro atoms. The fraction of sp³-hybridized carbons (Fsp3) is 0.188. The van der Waals surface area contributed by atoms with Crippen LogP contribution in [-0.2, 0) is 0 Å². The van der Waals surface area contributed by atoms with E-state index >= 15 is 0 Å². The van der Waals surface area contributed by atoms with Crippen LogP contribution in [0.1, 0.15) is 28.4 Å². The van der Waals surface area contributed by atoms with Crippen LogP contribution in [0.2, 0.25) is 0 Å². The Morgan fingerprint density at radius 3 is 2.47 bits per heavy atom. The number of Topliss-reactive ketones (excluding diaryl/α,β-unsaturated/α-hetero) is 1. The van der Waals surface area contributed by atoms with Crippen molar-refractivity contribution in [2.45, 2.75) is 20.8 Å². The third-order valence-electron chi connectivity index (χ3n) is 3.02. The second-order valence-electron chi connectivity index (χ2n) is 4.70. The number of carbonyl (C=O) groups excluding carboxylic acids is 1. The number of aryl methyl sites for hydroxylation is 2. The Kier molecular flexibility index (Phi) is 4.01. The molecule has 0 saturated heterocycles. The maximum Gasteiger partial charge on any atom is 0.160 e. The van der Waals surface area contributed by atoms with Gasteiger partial charge in [-0.2, -0.15) is 0 Å². The summed E-state index contributed by atoms with van der Waals surface area (Å²) >= 11 is 0. The summed E-state index contributed by atoms with van der Waals surface area (Å²) in [6.07, 6.45) is 0. The van der Waals surface area contributed by atoms with Gasteiger partial charge in [-0.25, -0.2) is 0 Å². The van der Waals surface area contributed by atoms with Crippen molar-refractivity contribution in [1.82, 2.24) is 0 Å². The minimum absolute atomic E-state index is 0.0620. The van der Waals surface area contributed by atoms with Crippen molar-refractivity contribution in [2.24, 2.45) is 0 Å². The first-order chi connectivity index (χ1) is 8.99. The molecule has 0 amide bonds. The van der Waals surface area contributed by atoms with E-state index in [4.69, 9.17) is 0 Å². The summed E-state index contributed by atoms with van der Waals surface area (Å²) in [6, 6.07) is 11.5. The van der Waals surface area contributed by atoms with Crippen molar-refractivity contribution < 1.29 is 9.90 Å². The van der Waals surface area contributed by atoms with E-state index in [0.717, 1.165) is 27.3 Å². The van der Waals surface area contributed by atoms with E-state index in [1.165, 1.54) is 0 Å². The molecule has 0 aliphatic heterocycles. The van der Waals surface area contributed by atoms with Gasteiger partial charge in [-0.1, -0.05) is 38.9 Å². The maximum absolute atomic E-state index is 11.6. The van der Waals surface area contributed by atoms with E-state index in [-0.39, 0.29) is 14.4 Å². The van der Waals surface area contributed by atoms with Crippen molar-refractivity contribution in [3.63, 3.8) is 0 Å². The van der Waals surface area contributed by atoms with Crippen molar-refractivity contribution in [1.29, 1.82) is 0 Å². The summed E-state index contributed by atoms with van der Waals surface area (Å²) < 4.78 is 0. The highest BCUT2D eigenvalue weighted by Crippen LogP contribution is 2.24. The lowest BCUT2D eigenvalue weighted by Gasteiger charge is -2.11. The Balaban J connectivity index is 2.45. The summed E-state index contributed by atoms with van der Waals surface area (Å²) in [5.41, 5.74) is 2.74. The van der Waals surface area contributed by atoms with E-state index < -0.39 is 0 Å². The van der Waals surface area contributed by atoms with Crippen molar-refractivity contribution in [2.75, 3.05) is 0 Å². The standard InChI is InChI=1S/C16H17O2P/c1-10-8-11(2)16(18)15(9-10)19-14-7-5-4-6-13(14)12(3)17/h4-9,18-19H,1-3H3. The molecule has 2 aromatic carbocycles. The lowest BCUT2D eigenvalue weighted by Crippen LogP contribution is -2.13. The van der Waals surface area contributed by atoms with Gasteiger partial charge < -0.3 is 5.11 Å². The monoisotopic (exact) mass is 272 g/mol. The molecule has 98 valence electrons. The maximum atomic E-state index is 11.6. The molecule has 0 heterocycles. The molecule has 3 heteroatoms. The van der Waals surface area contributed by atoms with Crippen LogP contribution in [0.5, 0.6) is 5.75 Å². The van der Waals surface area contributed by atoms with Crippen molar-refractivity contribution in [3.8, 4) is 5.75 Å².